The quantitative estimate of drug-likeness (QED) is 0.662. The molecule has 0 bridgehead atoms. The summed E-state index contributed by atoms with van der Waals surface area (Å²) < 4.78 is 45.5. The van der Waals surface area contributed by atoms with Crippen molar-refractivity contribution in [2.24, 2.45) is 5.73 Å². The van der Waals surface area contributed by atoms with Crippen LogP contribution in [-0.2, 0) is 0 Å². The maximum Gasteiger partial charge on any atom is 0.198 e. The Bertz CT molecular complexity index is 621. The van der Waals surface area contributed by atoms with Crippen molar-refractivity contribution >= 4 is 5.84 Å². The molecule has 0 aromatic heterocycles. The van der Waals surface area contributed by atoms with Gasteiger partial charge in [0.15, 0.2) is 29.0 Å². The van der Waals surface area contributed by atoms with Crippen molar-refractivity contribution in [3.05, 3.63) is 59.4 Å². The molecule has 0 aliphatic rings. The second kappa shape index (κ2) is 5.01. The summed E-state index contributed by atoms with van der Waals surface area (Å²) in [5.74, 6) is -4.37. The third-order valence-electron chi connectivity index (χ3n) is 2.36. The lowest BCUT2D eigenvalue weighted by atomic mass is 10.2. The molecule has 0 saturated carbocycles. The minimum Gasteiger partial charge on any atom is -0.448 e. The van der Waals surface area contributed by atoms with Crippen LogP contribution in [0, 0.1) is 22.9 Å². The number of hydrogen-bond acceptors (Lipinski definition) is 2. The van der Waals surface area contributed by atoms with Crippen molar-refractivity contribution in [2.75, 3.05) is 0 Å². The van der Waals surface area contributed by atoms with Crippen LogP contribution in [0.1, 0.15) is 5.56 Å². The third kappa shape index (κ3) is 2.67. The predicted molar refractivity (Wildman–Crippen MR) is 63.8 cm³/mol. The van der Waals surface area contributed by atoms with E-state index in [1.807, 2.05) is 0 Å². The highest BCUT2D eigenvalue weighted by molar-refractivity contribution is 5.95. The maximum atomic E-state index is 13.6. The Morgan fingerprint density at radius 2 is 1.58 bits per heavy atom. The minimum atomic E-state index is -1.06. The summed E-state index contributed by atoms with van der Waals surface area (Å²) in [6.07, 6.45) is 0. The molecule has 2 rings (SSSR count). The van der Waals surface area contributed by atoms with Crippen molar-refractivity contribution in [1.82, 2.24) is 0 Å². The lowest BCUT2D eigenvalue weighted by Gasteiger charge is -2.09. The topological polar surface area (TPSA) is 59.1 Å². The average molecular weight is 266 g/mol. The van der Waals surface area contributed by atoms with E-state index in [1.165, 1.54) is 18.2 Å². The predicted octanol–water partition coefficient (Wildman–Crippen LogP) is 3.18. The number of nitrogens with one attached hydrogen (secondary N) is 1. The van der Waals surface area contributed by atoms with E-state index in [1.54, 1.807) is 0 Å². The van der Waals surface area contributed by atoms with Gasteiger partial charge >= 0.3 is 0 Å². The van der Waals surface area contributed by atoms with Crippen LogP contribution in [0.2, 0.25) is 0 Å². The van der Waals surface area contributed by atoms with Gasteiger partial charge in [-0.2, -0.15) is 0 Å². The summed E-state index contributed by atoms with van der Waals surface area (Å²) in [5.41, 5.74) is 5.01. The van der Waals surface area contributed by atoms with Gasteiger partial charge in [-0.1, -0.05) is 12.1 Å². The number of para-hydroxylation sites is 1. The fourth-order valence-electron chi connectivity index (χ4n) is 1.45. The van der Waals surface area contributed by atoms with Crippen molar-refractivity contribution in [2.45, 2.75) is 0 Å². The zero-order valence-corrected chi connectivity index (χ0v) is 9.58. The number of ether oxygens (including phenoxy) is 1. The molecule has 19 heavy (non-hydrogen) atoms. The van der Waals surface area contributed by atoms with Crippen LogP contribution in [0.25, 0.3) is 0 Å². The van der Waals surface area contributed by atoms with Crippen LogP contribution in [0.4, 0.5) is 13.2 Å². The Morgan fingerprint density at radius 3 is 2.11 bits per heavy atom. The van der Waals surface area contributed by atoms with Crippen molar-refractivity contribution in [1.29, 1.82) is 5.41 Å². The van der Waals surface area contributed by atoms with Gasteiger partial charge < -0.3 is 10.5 Å². The van der Waals surface area contributed by atoms with E-state index in [4.69, 9.17) is 15.9 Å². The van der Waals surface area contributed by atoms with Gasteiger partial charge in [-0.15, -0.1) is 0 Å². The molecule has 0 saturated heterocycles. The van der Waals surface area contributed by atoms with Crippen LogP contribution in [0.3, 0.4) is 0 Å². The third-order valence-corrected chi connectivity index (χ3v) is 2.36. The number of hydrogen-bond donors (Lipinski definition) is 2. The molecule has 0 unspecified atom stereocenters. The van der Waals surface area contributed by atoms with E-state index in [2.05, 4.69) is 0 Å². The second-order valence-corrected chi connectivity index (χ2v) is 3.72. The Morgan fingerprint density at radius 1 is 1.00 bits per heavy atom. The number of nitrogens with two attached hydrogens (primary N) is 1. The van der Waals surface area contributed by atoms with E-state index < -0.39 is 29.0 Å². The minimum absolute atomic E-state index is 0.115. The summed E-state index contributed by atoms with van der Waals surface area (Å²) in [4.78, 5) is 0. The van der Waals surface area contributed by atoms with E-state index >= 15 is 0 Å². The molecule has 0 heterocycles. The Labute approximate surface area is 106 Å². The molecule has 0 spiro atoms. The lowest BCUT2D eigenvalue weighted by molar-refractivity contribution is 0.387. The summed E-state index contributed by atoms with van der Waals surface area (Å²) in [5, 5.41) is 7.10. The number of halogens is 3. The van der Waals surface area contributed by atoms with Crippen LogP contribution in [0.15, 0.2) is 36.4 Å². The highest BCUT2D eigenvalue weighted by atomic mass is 19.1. The average Bonchev–Trinajstić information content (AvgIpc) is 2.35. The van der Waals surface area contributed by atoms with Crippen molar-refractivity contribution in [3.63, 3.8) is 0 Å². The number of amidine groups is 1. The van der Waals surface area contributed by atoms with E-state index in [-0.39, 0.29) is 11.3 Å². The van der Waals surface area contributed by atoms with Crippen molar-refractivity contribution in [3.8, 4) is 11.5 Å². The number of benzene rings is 2. The van der Waals surface area contributed by atoms with Crippen LogP contribution in [0.5, 0.6) is 11.5 Å². The fraction of sp³-hybridized carbons (Fsp3) is 0. The van der Waals surface area contributed by atoms with Gasteiger partial charge in [0.05, 0.1) is 0 Å². The summed E-state index contributed by atoms with van der Waals surface area (Å²) in [6.45, 7) is 0. The van der Waals surface area contributed by atoms with E-state index in [0.29, 0.717) is 0 Å². The molecule has 2 aromatic carbocycles. The number of nitrogen functional groups attached to an aromatic ring is 1. The first-order chi connectivity index (χ1) is 8.99. The zero-order valence-electron chi connectivity index (χ0n) is 9.58. The first kappa shape index (κ1) is 12.9. The van der Waals surface area contributed by atoms with E-state index in [0.717, 1.165) is 18.2 Å². The summed E-state index contributed by atoms with van der Waals surface area (Å²) in [6, 6.07) is 6.94. The van der Waals surface area contributed by atoms with Crippen LogP contribution >= 0.6 is 0 Å². The standard InChI is InChI=1S/C13H9F3N2O/c14-8-3-1-2-4-11(8)19-12-9(15)5-7(13(17)18)6-10(12)16/h1-6H,(H3,17,18). The summed E-state index contributed by atoms with van der Waals surface area (Å²) in [7, 11) is 0. The second-order valence-electron chi connectivity index (χ2n) is 3.72. The van der Waals surface area contributed by atoms with Gasteiger partial charge in [0.25, 0.3) is 0 Å². The molecular weight excluding hydrogens is 257 g/mol. The van der Waals surface area contributed by atoms with Gasteiger partial charge in [0.2, 0.25) is 0 Å². The largest absolute Gasteiger partial charge is 0.448 e. The monoisotopic (exact) mass is 266 g/mol. The maximum absolute atomic E-state index is 13.6. The molecule has 98 valence electrons. The van der Waals surface area contributed by atoms with Gasteiger partial charge in [-0.05, 0) is 24.3 Å². The molecule has 3 nitrogen and oxygen atoms in total. The smallest absolute Gasteiger partial charge is 0.198 e. The molecule has 0 radical (unpaired) electrons. The van der Waals surface area contributed by atoms with Gasteiger partial charge in [-0.3, -0.25) is 5.41 Å². The number of rotatable bonds is 3. The fourth-order valence-corrected chi connectivity index (χ4v) is 1.45. The zero-order chi connectivity index (χ0) is 14.0. The normalized spacial score (nSPS) is 10.3. The first-order valence-electron chi connectivity index (χ1n) is 5.25. The Kier molecular flexibility index (Phi) is 3.41. The Balaban J connectivity index is 2.42. The summed E-state index contributed by atoms with van der Waals surface area (Å²) >= 11 is 0. The Hall–Kier alpha value is -2.50. The molecular formula is C13H9F3N2O. The molecule has 0 fully saturated rings. The van der Waals surface area contributed by atoms with Gasteiger partial charge in [-0.25, -0.2) is 13.2 Å². The SMILES string of the molecule is N=C(N)c1cc(F)c(Oc2ccccc2F)c(F)c1. The molecule has 0 aliphatic carbocycles. The highest BCUT2D eigenvalue weighted by Crippen LogP contribution is 2.29. The van der Waals surface area contributed by atoms with Gasteiger partial charge in [0.1, 0.15) is 5.84 Å². The van der Waals surface area contributed by atoms with Crippen LogP contribution < -0.4 is 10.5 Å². The highest BCUT2D eigenvalue weighted by Gasteiger charge is 2.16. The molecule has 0 amide bonds. The van der Waals surface area contributed by atoms with Gasteiger partial charge in [0, 0.05) is 5.56 Å². The molecule has 0 atom stereocenters. The van der Waals surface area contributed by atoms with Crippen molar-refractivity contribution < 1.29 is 17.9 Å². The molecule has 3 N–H and O–H groups in total. The van der Waals surface area contributed by atoms with Crippen LogP contribution in [-0.4, -0.2) is 5.84 Å². The molecule has 6 heteroatoms. The van der Waals surface area contributed by atoms with E-state index in [9.17, 15) is 13.2 Å². The molecule has 0 aliphatic heterocycles. The molecule has 2 aromatic rings. The first-order valence-corrected chi connectivity index (χ1v) is 5.25. The lowest BCUT2D eigenvalue weighted by Crippen LogP contribution is -2.12.